The topological polar surface area (TPSA) is 52.6 Å². The van der Waals surface area contributed by atoms with E-state index in [1.165, 1.54) is 0 Å². The van der Waals surface area contributed by atoms with Crippen molar-refractivity contribution in [3.05, 3.63) is 11.1 Å². The molecule has 0 aliphatic rings. The molecular weight excluding hydrogens is 304 g/mol. The molecule has 0 aromatic rings. The highest BCUT2D eigenvalue weighted by molar-refractivity contribution is 6.00. The Hall–Kier alpha value is -1.32. The maximum absolute atomic E-state index is 12.5. The van der Waals surface area contributed by atoms with Crippen molar-refractivity contribution in [1.82, 2.24) is 0 Å². The van der Waals surface area contributed by atoms with Gasteiger partial charge in [-0.15, -0.1) is 0 Å². The Morgan fingerprint density at radius 3 is 1.67 bits per heavy atom. The van der Waals surface area contributed by atoms with Crippen LogP contribution in [0.1, 0.15) is 86.5 Å². The number of rotatable bonds is 11. The number of esters is 2. The molecule has 0 radical (unpaired) electrons. The number of hydrogen-bond donors (Lipinski definition) is 0. The lowest BCUT2D eigenvalue weighted by Crippen LogP contribution is -2.21. The van der Waals surface area contributed by atoms with Crippen LogP contribution in [-0.2, 0) is 19.1 Å². The van der Waals surface area contributed by atoms with E-state index in [9.17, 15) is 9.59 Å². The molecule has 0 saturated carbocycles. The number of ether oxygens (including phenoxy) is 2. The van der Waals surface area contributed by atoms with Gasteiger partial charge in [0.05, 0.1) is 13.2 Å². The van der Waals surface area contributed by atoms with E-state index in [4.69, 9.17) is 9.47 Å². The molecule has 0 spiro atoms. The summed E-state index contributed by atoms with van der Waals surface area (Å²) in [5.74, 6) is -0.729. The van der Waals surface area contributed by atoms with E-state index in [-0.39, 0.29) is 17.4 Å². The fraction of sp³-hybridized carbons (Fsp3) is 0.800. The van der Waals surface area contributed by atoms with Crippen LogP contribution >= 0.6 is 0 Å². The highest BCUT2D eigenvalue weighted by Gasteiger charge is 2.27. The number of hydrogen-bond acceptors (Lipinski definition) is 4. The molecule has 0 aromatic carbocycles. The quantitative estimate of drug-likeness (QED) is 0.294. The van der Waals surface area contributed by atoms with Crippen LogP contribution in [0.25, 0.3) is 0 Å². The van der Waals surface area contributed by atoms with Gasteiger partial charge in [0, 0.05) is 11.1 Å². The monoisotopic (exact) mass is 340 g/mol. The fourth-order valence-corrected chi connectivity index (χ4v) is 2.32. The normalized spacial score (nSPS) is 12.6. The molecule has 0 bridgehead atoms. The Kier molecular flexibility index (Phi) is 11.4. The van der Waals surface area contributed by atoms with E-state index < -0.39 is 0 Å². The predicted molar refractivity (Wildman–Crippen MR) is 97.7 cm³/mol. The van der Waals surface area contributed by atoms with Crippen LogP contribution in [0.4, 0.5) is 0 Å². The van der Waals surface area contributed by atoms with Gasteiger partial charge < -0.3 is 9.47 Å². The molecule has 0 N–H and O–H groups in total. The van der Waals surface area contributed by atoms with E-state index in [0.717, 1.165) is 32.1 Å². The zero-order valence-electron chi connectivity index (χ0n) is 16.5. The van der Waals surface area contributed by atoms with E-state index >= 15 is 0 Å². The Morgan fingerprint density at radius 1 is 0.750 bits per heavy atom. The summed E-state index contributed by atoms with van der Waals surface area (Å²) < 4.78 is 10.7. The summed E-state index contributed by atoms with van der Waals surface area (Å²) >= 11 is 0. The lowest BCUT2D eigenvalue weighted by Gasteiger charge is -2.22. The highest BCUT2D eigenvalue weighted by atomic mass is 16.5. The van der Waals surface area contributed by atoms with Gasteiger partial charge in [-0.1, -0.05) is 54.4 Å². The van der Waals surface area contributed by atoms with Crippen molar-refractivity contribution in [1.29, 1.82) is 0 Å². The van der Waals surface area contributed by atoms with Crippen molar-refractivity contribution >= 4 is 11.9 Å². The molecule has 0 aliphatic carbocycles. The van der Waals surface area contributed by atoms with Crippen LogP contribution in [0.15, 0.2) is 11.1 Å². The van der Waals surface area contributed by atoms with E-state index in [0.29, 0.717) is 37.2 Å². The average molecular weight is 341 g/mol. The van der Waals surface area contributed by atoms with Crippen molar-refractivity contribution in [3.8, 4) is 0 Å². The molecule has 0 amide bonds. The summed E-state index contributed by atoms with van der Waals surface area (Å²) in [5, 5.41) is 0. The molecule has 0 aliphatic heterocycles. The second-order valence-corrected chi connectivity index (χ2v) is 7.42. The van der Waals surface area contributed by atoms with Gasteiger partial charge in [0.2, 0.25) is 0 Å². The first-order valence-corrected chi connectivity index (χ1v) is 9.33. The van der Waals surface area contributed by atoms with Crippen molar-refractivity contribution in [2.45, 2.75) is 86.5 Å². The van der Waals surface area contributed by atoms with Crippen molar-refractivity contribution in [3.63, 3.8) is 0 Å². The van der Waals surface area contributed by atoms with Crippen LogP contribution in [0.5, 0.6) is 0 Å². The molecule has 4 nitrogen and oxygen atoms in total. The molecule has 24 heavy (non-hydrogen) atoms. The van der Waals surface area contributed by atoms with E-state index in [2.05, 4.69) is 27.7 Å². The summed E-state index contributed by atoms with van der Waals surface area (Å²) in [6.07, 6.45) is 5.58. The van der Waals surface area contributed by atoms with E-state index in [1.54, 1.807) is 0 Å². The molecule has 0 aromatic heterocycles. The third-order valence-corrected chi connectivity index (χ3v) is 3.47. The molecule has 0 unspecified atom stereocenters. The summed E-state index contributed by atoms with van der Waals surface area (Å²) in [4.78, 5) is 25.1. The van der Waals surface area contributed by atoms with Crippen LogP contribution in [0.2, 0.25) is 0 Å². The van der Waals surface area contributed by atoms with Gasteiger partial charge in [-0.05, 0) is 37.5 Å². The fourth-order valence-electron chi connectivity index (χ4n) is 2.32. The molecule has 0 atom stereocenters. The second-order valence-electron chi connectivity index (χ2n) is 7.42. The average Bonchev–Trinajstić information content (AvgIpc) is 2.51. The maximum Gasteiger partial charge on any atom is 0.334 e. The van der Waals surface area contributed by atoms with Gasteiger partial charge in [0.25, 0.3) is 0 Å². The minimum Gasteiger partial charge on any atom is -0.462 e. The third-order valence-electron chi connectivity index (χ3n) is 3.47. The Bertz CT molecular complexity index is 416. The molecular formula is C20H36O4. The number of carbonyl (C=O) groups is 2. The van der Waals surface area contributed by atoms with Gasteiger partial charge in [-0.3, -0.25) is 0 Å². The van der Waals surface area contributed by atoms with Crippen LogP contribution in [0.3, 0.4) is 0 Å². The lowest BCUT2D eigenvalue weighted by atomic mass is 9.85. The minimum absolute atomic E-state index is 0.110. The largest absolute Gasteiger partial charge is 0.462 e. The third kappa shape index (κ3) is 9.74. The maximum atomic E-state index is 12.5. The Morgan fingerprint density at radius 2 is 1.25 bits per heavy atom. The first-order valence-electron chi connectivity index (χ1n) is 9.33. The summed E-state index contributed by atoms with van der Waals surface area (Å²) in [5.41, 5.74) is 0.891. The standard InChI is InChI=1S/C20H36O4/c1-7-10-11-12-16(18(21)23-13-8-2)17(15-20(4,5)6)19(22)24-14-9-3/h7-15H2,1-6H3. The van der Waals surface area contributed by atoms with Crippen molar-refractivity contribution in [2.75, 3.05) is 13.2 Å². The molecule has 0 saturated heterocycles. The lowest BCUT2D eigenvalue weighted by molar-refractivity contribution is -0.142. The second kappa shape index (κ2) is 12.1. The SMILES string of the molecule is CCCCCC(C(=O)OCCC)=C(CC(C)(C)C)C(=O)OCCC. The van der Waals surface area contributed by atoms with Gasteiger partial charge in [0.15, 0.2) is 0 Å². The molecule has 140 valence electrons. The number of unbranched alkanes of at least 4 members (excludes halogenated alkanes) is 2. The summed E-state index contributed by atoms with van der Waals surface area (Å²) in [6, 6.07) is 0. The Labute approximate surface area is 148 Å². The highest BCUT2D eigenvalue weighted by Crippen LogP contribution is 2.29. The Balaban J connectivity index is 5.60. The molecule has 4 heteroatoms. The van der Waals surface area contributed by atoms with Crippen LogP contribution in [-0.4, -0.2) is 25.2 Å². The zero-order valence-corrected chi connectivity index (χ0v) is 16.5. The van der Waals surface area contributed by atoms with Gasteiger partial charge in [0.1, 0.15) is 0 Å². The van der Waals surface area contributed by atoms with E-state index in [1.807, 2.05) is 13.8 Å². The first-order chi connectivity index (χ1) is 11.3. The molecule has 0 fully saturated rings. The summed E-state index contributed by atoms with van der Waals surface area (Å²) in [7, 11) is 0. The molecule has 0 rings (SSSR count). The van der Waals surface area contributed by atoms with Gasteiger partial charge in [-0.2, -0.15) is 0 Å². The van der Waals surface area contributed by atoms with Gasteiger partial charge >= 0.3 is 11.9 Å². The van der Waals surface area contributed by atoms with Gasteiger partial charge in [-0.25, -0.2) is 9.59 Å². The predicted octanol–water partition coefficient (Wildman–Crippen LogP) is 5.21. The number of carbonyl (C=O) groups excluding carboxylic acids is 2. The van der Waals surface area contributed by atoms with Crippen molar-refractivity contribution < 1.29 is 19.1 Å². The zero-order chi connectivity index (χ0) is 18.6. The molecule has 0 heterocycles. The van der Waals surface area contributed by atoms with Crippen LogP contribution < -0.4 is 0 Å². The first kappa shape index (κ1) is 22.7. The van der Waals surface area contributed by atoms with Crippen LogP contribution in [0, 0.1) is 5.41 Å². The van der Waals surface area contributed by atoms with Crippen molar-refractivity contribution in [2.24, 2.45) is 5.41 Å². The summed E-state index contributed by atoms with van der Waals surface area (Å²) in [6.45, 7) is 13.0. The minimum atomic E-state index is -0.369. The smallest absolute Gasteiger partial charge is 0.334 e.